The minimum absolute atomic E-state index is 0.0120. The molecule has 0 fully saturated rings. The van der Waals surface area contributed by atoms with E-state index in [1.54, 1.807) is 30.3 Å². The first-order chi connectivity index (χ1) is 16.4. The second kappa shape index (κ2) is 10.3. The van der Waals surface area contributed by atoms with E-state index in [1.165, 1.54) is 6.07 Å². The smallest absolute Gasteiger partial charge is 0.160 e. The number of aldehydes is 1. The first kappa shape index (κ1) is 23.2. The average Bonchev–Trinajstić information content (AvgIpc) is 2.83. The number of rotatable bonds is 9. The molecule has 1 atom stereocenters. The average molecular weight is 461 g/mol. The molecule has 1 unspecified atom stereocenters. The van der Waals surface area contributed by atoms with Crippen LogP contribution in [0.4, 0.5) is 0 Å². The zero-order chi connectivity index (χ0) is 24.1. The van der Waals surface area contributed by atoms with Crippen LogP contribution in [0, 0.1) is 5.92 Å². The molecule has 1 aliphatic rings. The van der Waals surface area contributed by atoms with Gasteiger partial charge in [-0.1, -0.05) is 44.2 Å². The number of ether oxygens (including phenoxy) is 3. The second-order valence-electron chi connectivity index (χ2n) is 8.64. The van der Waals surface area contributed by atoms with Gasteiger partial charge >= 0.3 is 0 Å². The Kier molecular flexibility index (Phi) is 7.07. The zero-order valence-corrected chi connectivity index (χ0v) is 19.2. The maximum Gasteiger partial charge on any atom is 0.160 e. The molecule has 0 amide bonds. The lowest BCUT2D eigenvalue weighted by Crippen LogP contribution is -2.11. The van der Waals surface area contributed by atoms with E-state index in [0.29, 0.717) is 53.3 Å². The summed E-state index contributed by atoms with van der Waals surface area (Å²) in [6, 6.07) is 17.8. The number of allylic oxidation sites excluding steroid dienone is 1. The van der Waals surface area contributed by atoms with Crippen LogP contribution in [-0.4, -0.2) is 23.1 Å². The van der Waals surface area contributed by atoms with Crippen LogP contribution in [0.5, 0.6) is 28.7 Å². The van der Waals surface area contributed by atoms with Crippen molar-refractivity contribution in [2.24, 2.45) is 5.92 Å². The van der Waals surface area contributed by atoms with Crippen molar-refractivity contribution in [3.05, 3.63) is 83.4 Å². The molecule has 3 aromatic carbocycles. The fourth-order valence-corrected chi connectivity index (χ4v) is 3.69. The number of hydrogen-bond acceptors (Lipinski definition) is 6. The molecule has 0 radical (unpaired) electrons. The normalized spacial score (nSPS) is 14.7. The Morgan fingerprint density at radius 1 is 1.00 bits per heavy atom. The highest BCUT2D eigenvalue weighted by Gasteiger charge is 2.27. The topological polar surface area (TPSA) is 85.2 Å². The molecule has 1 heterocycles. The maximum atomic E-state index is 11.8. The molecular formula is C28H28O6. The van der Waals surface area contributed by atoms with Gasteiger partial charge in [0.1, 0.15) is 35.9 Å². The predicted octanol–water partition coefficient (Wildman–Crippen LogP) is 5.82. The largest absolute Gasteiger partial charge is 0.507 e. The van der Waals surface area contributed by atoms with Gasteiger partial charge in [-0.05, 0) is 42.2 Å². The number of phenolic OH excluding ortho intramolecular Hbond substituents is 2. The molecule has 2 N–H and O–H groups in total. The standard InChI is InChI=1S/C28H28O6/c1-18(2)10-11-32-25-9-8-20(12-23(25)30)26-13-21(16-29)28-24(31)14-22(15-27(28)34-26)33-17-19-6-4-3-5-7-19/h3-9,12-16,18,21,30-31H,10-11,17H2,1-2H3. The van der Waals surface area contributed by atoms with Crippen LogP contribution in [0.2, 0.25) is 0 Å². The first-order valence-electron chi connectivity index (χ1n) is 11.3. The van der Waals surface area contributed by atoms with Gasteiger partial charge in [-0.2, -0.15) is 0 Å². The monoisotopic (exact) mass is 460 g/mol. The molecule has 176 valence electrons. The third-order valence-corrected chi connectivity index (χ3v) is 5.57. The molecule has 4 rings (SSSR count). The van der Waals surface area contributed by atoms with E-state index < -0.39 is 5.92 Å². The number of benzene rings is 3. The van der Waals surface area contributed by atoms with E-state index in [-0.39, 0.29) is 11.5 Å². The fourth-order valence-electron chi connectivity index (χ4n) is 3.69. The second-order valence-corrected chi connectivity index (χ2v) is 8.64. The Morgan fingerprint density at radius 2 is 1.79 bits per heavy atom. The van der Waals surface area contributed by atoms with Crippen molar-refractivity contribution in [3.63, 3.8) is 0 Å². The quantitative estimate of drug-likeness (QED) is 0.392. The molecule has 6 nitrogen and oxygen atoms in total. The molecule has 34 heavy (non-hydrogen) atoms. The van der Waals surface area contributed by atoms with Crippen LogP contribution in [0.1, 0.15) is 42.9 Å². The summed E-state index contributed by atoms with van der Waals surface area (Å²) in [5.74, 6) is 1.24. The van der Waals surface area contributed by atoms with Crippen LogP contribution >= 0.6 is 0 Å². The molecule has 6 heteroatoms. The molecular weight excluding hydrogens is 432 g/mol. The minimum atomic E-state index is -0.703. The number of hydrogen-bond donors (Lipinski definition) is 2. The number of carbonyl (C=O) groups is 1. The highest BCUT2D eigenvalue weighted by Crippen LogP contribution is 2.45. The number of fused-ring (bicyclic) bond motifs is 1. The maximum absolute atomic E-state index is 11.8. The molecule has 0 saturated carbocycles. The summed E-state index contributed by atoms with van der Waals surface area (Å²) in [4.78, 5) is 11.8. The van der Waals surface area contributed by atoms with Crippen molar-refractivity contribution in [1.82, 2.24) is 0 Å². The Bertz CT molecular complexity index is 1180. The summed E-state index contributed by atoms with van der Waals surface area (Å²) in [7, 11) is 0. The Labute approximate surface area is 199 Å². The van der Waals surface area contributed by atoms with Gasteiger partial charge in [-0.15, -0.1) is 0 Å². The summed E-state index contributed by atoms with van der Waals surface area (Å²) >= 11 is 0. The molecule has 0 aliphatic carbocycles. The van der Waals surface area contributed by atoms with Crippen molar-refractivity contribution < 1.29 is 29.2 Å². The van der Waals surface area contributed by atoms with Gasteiger partial charge in [-0.3, -0.25) is 0 Å². The van der Waals surface area contributed by atoms with E-state index in [2.05, 4.69) is 13.8 Å². The van der Waals surface area contributed by atoms with Crippen LogP contribution in [0.25, 0.3) is 5.76 Å². The zero-order valence-electron chi connectivity index (χ0n) is 19.2. The van der Waals surface area contributed by atoms with Crippen LogP contribution in [0.3, 0.4) is 0 Å². The molecule has 0 aromatic heterocycles. The number of carbonyl (C=O) groups excluding carboxylic acids is 1. The Hall–Kier alpha value is -3.93. The van der Waals surface area contributed by atoms with Gasteiger partial charge in [0.2, 0.25) is 0 Å². The van der Waals surface area contributed by atoms with Crippen molar-refractivity contribution in [3.8, 4) is 28.7 Å². The molecule has 0 spiro atoms. The first-order valence-corrected chi connectivity index (χ1v) is 11.3. The highest BCUT2D eigenvalue weighted by molar-refractivity contribution is 5.79. The summed E-state index contributed by atoms with van der Waals surface area (Å²) in [6.45, 7) is 5.05. The summed E-state index contributed by atoms with van der Waals surface area (Å²) in [5.41, 5.74) is 1.95. The lowest BCUT2D eigenvalue weighted by Gasteiger charge is -2.24. The molecule has 3 aromatic rings. The van der Waals surface area contributed by atoms with Gasteiger partial charge in [0, 0.05) is 17.7 Å². The van der Waals surface area contributed by atoms with Crippen molar-refractivity contribution in [2.45, 2.75) is 32.8 Å². The summed E-state index contributed by atoms with van der Waals surface area (Å²) < 4.78 is 17.5. The minimum Gasteiger partial charge on any atom is -0.507 e. The molecule has 0 bridgehead atoms. The van der Waals surface area contributed by atoms with Gasteiger partial charge in [0.15, 0.2) is 11.5 Å². The van der Waals surface area contributed by atoms with Crippen LogP contribution in [0.15, 0.2) is 66.7 Å². The van der Waals surface area contributed by atoms with Crippen molar-refractivity contribution in [1.29, 1.82) is 0 Å². The van der Waals surface area contributed by atoms with Crippen LogP contribution < -0.4 is 14.2 Å². The fraction of sp³-hybridized carbons (Fsp3) is 0.250. The van der Waals surface area contributed by atoms with E-state index in [0.717, 1.165) is 18.3 Å². The summed E-state index contributed by atoms with van der Waals surface area (Å²) in [5, 5.41) is 21.0. The van der Waals surface area contributed by atoms with Crippen LogP contribution in [-0.2, 0) is 11.4 Å². The lowest BCUT2D eigenvalue weighted by atomic mass is 9.94. The Balaban J connectivity index is 1.55. The molecule has 0 saturated heterocycles. The third-order valence-electron chi connectivity index (χ3n) is 5.57. The SMILES string of the molecule is CC(C)CCOc1ccc(C2=CC(C=O)c3c(O)cc(OCc4ccccc4)cc3O2)cc1O. The van der Waals surface area contributed by atoms with Crippen molar-refractivity contribution >= 4 is 12.0 Å². The van der Waals surface area contributed by atoms with E-state index in [4.69, 9.17) is 14.2 Å². The molecule has 1 aliphatic heterocycles. The summed E-state index contributed by atoms with van der Waals surface area (Å²) in [6.07, 6.45) is 3.24. The van der Waals surface area contributed by atoms with E-state index in [1.807, 2.05) is 30.3 Å². The van der Waals surface area contributed by atoms with Crippen molar-refractivity contribution in [2.75, 3.05) is 6.61 Å². The highest BCUT2D eigenvalue weighted by atomic mass is 16.5. The predicted molar refractivity (Wildman–Crippen MR) is 129 cm³/mol. The Morgan fingerprint density at radius 3 is 2.50 bits per heavy atom. The lowest BCUT2D eigenvalue weighted by molar-refractivity contribution is -0.108. The van der Waals surface area contributed by atoms with Gasteiger partial charge in [0.05, 0.1) is 18.1 Å². The van der Waals surface area contributed by atoms with Gasteiger partial charge < -0.3 is 29.2 Å². The van der Waals surface area contributed by atoms with Gasteiger partial charge in [0.25, 0.3) is 0 Å². The third kappa shape index (κ3) is 5.34. The number of aromatic hydroxyl groups is 2. The number of phenols is 2. The van der Waals surface area contributed by atoms with Gasteiger partial charge in [-0.25, -0.2) is 0 Å². The van der Waals surface area contributed by atoms with E-state index in [9.17, 15) is 15.0 Å². The van der Waals surface area contributed by atoms with E-state index >= 15 is 0 Å².